The summed E-state index contributed by atoms with van der Waals surface area (Å²) in [5, 5.41) is 9.12. The van der Waals surface area contributed by atoms with Crippen LogP contribution in [0.3, 0.4) is 0 Å². The Hall–Kier alpha value is -1.54. The first-order chi connectivity index (χ1) is 6.83. The fourth-order valence-corrected chi connectivity index (χ4v) is 1.26. The van der Waals surface area contributed by atoms with Crippen LogP contribution in [0, 0.1) is 0 Å². The first-order valence-electron chi connectivity index (χ1n) is 4.39. The zero-order valence-electron chi connectivity index (χ0n) is 8.23. The molecule has 0 unspecified atom stereocenters. The summed E-state index contributed by atoms with van der Waals surface area (Å²) in [5.74, 6) is 0.759. The maximum Gasteiger partial charge on any atom is 0.126 e. The molecule has 1 rings (SSSR count). The summed E-state index contributed by atoms with van der Waals surface area (Å²) in [6.07, 6.45) is 5.38. The lowest BCUT2D eigenvalue weighted by Crippen LogP contribution is -1.93. The van der Waals surface area contributed by atoms with Gasteiger partial charge in [0.2, 0.25) is 0 Å². The minimum absolute atomic E-state index is 0.00795. The molecule has 0 atom stereocenters. The second-order valence-electron chi connectivity index (χ2n) is 2.79. The van der Waals surface area contributed by atoms with Crippen molar-refractivity contribution >= 4 is 6.08 Å². The van der Waals surface area contributed by atoms with E-state index in [4.69, 9.17) is 9.84 Å². The number of hydrogen-bond donors (Lipinski definition) is 1. The first kappa shape index (κ1) is 10.5. The van der Waals surface area contributed by atoms with Crippen LogP contribution in [0.1, 0.15) is 11.1 Å². The largest absolute Gasteiger partial charge is 0.496 e. The quantitative estimate of drug-likeness (QED) is 0.739. The number of ether oxygens (including phenoxy) is 1. The molecule has 74 valence electrons. The van der Waals surface area contributed by atoms with Crippen LogP contribution in [-0.4, -0.2) is 12.2 Å². The van der Waals surface area contributed by atoms with E-state index in [0.717, 1.165) is 16.9 Å². The van der Waals surface area contributed by atoms with Crippen LogP contribution < -0.4 is 4.74 Å². The van der Waals surface area contributed by atoms with Gasteiger partial charge in [-0.2, -0.15) is 0 Å². The van der Waals surface area contributed by atoms with E-state index in [1.807, 2.05) is 30.4 Å². The van der Waals surface area contributed by atoms with E-state index in [1.54, 1.807) is 13.2 Å². The lowest BCUT2D eigenvalue weighted by molar-refractivity contribution is 0.280. The molecule has 0 saturated carbocycles. The maximum atomic E-state index is 9.12. The average Bonchev–Trinajstić information content (AvgIpc) is 2.25. The molecule has 0 fully saturated rings. The van der Waals surface area contributed by atoms with Gasteiger partial charge in [-0.1, -0.05) is 36.9 Å². The maximum absolute atomic E-state index is 9.12. The van der Waals surface area contributed by atoms with Crippen LogP contribution in [0.4, 0.5) is 0 Å². The van der Waals surface area contributed by atoms with E-state index in [0.29, 0.717) is 0 Å². The third-order valence-corrected chi connectivity index (χ3v) is 1.95. The Morgan fingerprint density at radius 1 is 1.50 bits per heavy atom. The molecule has 0 aliphatic heterocycles. The van der Waals surface area contributed by atoms with Crippen LogP contribution in [-0.2, 0) is 6.61 Å². The van der Waals surface area contributed by atoms with Crippen molar-refractivity contribution in [3.8, 4) is 5.75 Å². The highest BCUT2D eigenvalue weighted by molar-refractivity contribution is 5.62. The molecule has 0 aliphatic rings. The normalized spacial score (nSPS) is 10.4. The van der Waals surface area contributed by atoms with Gasteiger partial charge in [0.25, 0.3) is 0 Å². The summed E-state index contributed by atoms with van der Waals surface area (Å²) >= 11 is 0. The number of allylic oxidation sites excluding steroid dienone is 2. The predicted molar refractivity (Wildman–Crippen MR) is 58.1 cm³/mol. The lowest BCUT2D eigenvalue weighted by Gasteiger charge is -2.08. The van der Waals surface area contributed by atoms with Crippen molar-refractivity contribution in [3.63, 3.8) is 0 Å². The van der Waals surface area contributed by atoms with Crippen molar-refractivity contribution in [1.29, 1.82) is 0 Å². The molecule has 1 aromatic carbocycles. The number of methoxy groups -OCH3 is 1. The second-order valence-corrected chi connectivity index (χ2v) is 2.79. The number of aliphatic hydroxyl groups is 1. The van der Waals surface area contributed by atoms with Gasteiger partial charge >= 0.3 is 0 Å². The van der Waals surface area contributed by atoms with Crippen LogP contribution >= 0.6 is 0 Å². The number of rotatable bonds is 4. The summed E-state index contributed by atoms with van der Waals surface area (Å²) in [7, 11) is 1.61. The zero-order valence-corrected chi connectivity index (χ0v) is 8.23. The molecule has 0 aromatic heterocycles. The monoisotopic (exact) mass is 190 g/mol. The number of benzene rings is 1. The lowest BCUT2D eigenvalue weighted by atomic mass is 10.1. The topological polar surface area (TPSA) is 29.5 Å². The molecule has 1 aromatic rings. The Labute approximate surface area is 84.1 Å². The molecule has 0 saturated heterocycles. The number of hydrogen-bond acceptors (Lipinski definition) is 2. The fourth-order valence-electron chi connectivity index (χ4n) is 1.26. The average molecular weight is 190 g/mol. The third-order valence-electron chi connectivity index (χ3n) is 1.95. The van der Waals surface area contributed by atoms with Gasteiger partial charge in [0.1, 0.15) is 5.75 Å². The molecule has 1 N–H and O–H groups in total. The van der Waals surface area contributed by atoms with Gasteiger partial charge < -0.3 is 9.84 Å². The van der Waals surface area contributed by atoms with Gasteiger partial charge in [0.15, 0.2) is 0 Å². The highest BCUT2D eigenvalue weighted by Crippen LogP contribution is 2.23. The van der Waals surface area contributed by atoms with Crippen molar-refractivity contribution < 1.29 is 9.84 Å². The zero-order chi connectivity index (χ0) is 10.4. The molecule has 0 radical (unpaired) electrons. The summed E-state index contributed by atoms with van der Waals surface area (Å²) in [5.41, 5.74) is 1.75. The molecule has 0 amide bonds. The Balaban J connectivity index is 3.18. The van der Waals surface area contributed by atoms with E-state index in [-0.39, 0.29) is 6.61 Å². The minimum atomic E-state index is 0.00795. The van der Waals surface area contributed by atoms with E-state index >= 15 is 0 Å². The third kappa shape index (κ3) is 2.24. The van der Waals surface area contributed by atoms with Gasteiger partial charge in [-0.25, -0.2) is 0 Å². The molecule has 14 heavy (non-hydrogen) atoms. The highest BCUT2D eigenvalue weighted by Gasteiger charge is 2.03. The summed E-state index contributed by atoms with van der Waals surface area (Å²) in [6, 6.07) is 5.59. The van der Waals surface area contributed by atoms with Crippen molar-refractivity contribution in [1.82, 2.24) is 0 Å². The van der Waals surface area contributed by atoms with Gasteiger partial charge in [0.05, 0.1) is 13.7 Å². The molecule has 0 heterocycles. The van der Waals surface area contributed by atoms with E-state index in [1.165, 1.54) is 0 Å². The van der Waals surface area contributed by atoms with Gasteiger partial charge in [0, 0.05) is 5.56 Å². The van der Waals surface area contributed by atoms with Gasteiger partial charge in [-0.05, 0) is 11.6 Å². The second kappa shape index (κ2) is 5.25. The van der Waals surface area contributed by atoms with Crippen LogP contribution in [0.25, 0.3) is 6.08 Å². The Kier molecular flexibility index (Phi) is 3.95. The predicted octanol–water partition coefficient (Wildman–Crippen LogP) is 2.39. The van der Waals surface area contributed by atoms with Crippen molar-refractivity contribution in [3.05, 3.63) is 48.1 Å². The highest BCUT2D eigenvalue weighted by atomic mass is 16.5. The molecule has 2 heteroatoms. The Bertz CT molecular complexity index is 318. The van der Waals surface area contributed by atoms with Crippen LogP contribution in [0.2, 0.25) is 0 Å². The van der Waals surface area contributed by atoms with Crippen molar-refractivity contribution in [2.45, 2.75) is 6.61 Å². The fraction of sp³-hybridized carbons (Fsp3) is 0.167. The van der Waals surface area contributed by atoms with Crippen molar-refractivity contribution in [2.24, 2.45) is 0 Å². The van der Waals surface area contributed by atoms with Crippen LogP contribution in [0.5, 0.6) is 5.75 Å². The Morgan fingerprint density at radius 3 is 2.86 bits per heavy atom. The van der Waals surface area contributed by atoms with Crippen molar-refractivity contribution in [2.75, 3.05) is 7.11 Å². The summed E-state index contributed by atoms with van der Waals surface area (Å²) in [4.78, 5) is 0. The Morgan fingerprint density at radius 2 is 2.29 bits per heavy atom. The summed E-state index contributed by atoms with van der Waals surface area (Å²) < 4.78 is 5.19. The standard InChI is InChI=1S/C12H14O2/c1-3-4-7-11-10(9-13)6-5-8-12(11)14-2/h3-8,13H,1,9H2,2H3/b7-4+. The minimum Gasteiger partial charge on any atom is -0.496 e. The summed E-state index contributed by atoms with van der Waals surface area (Å²) in [6.45, 7) is 3.60. The molecule has 0 spiro atoms. The van der Waals surface area contributed by atoms with Gasteiger partial charge in [-0.3, -0.25) is 0 Å². The molecular weight excluding hydrogens is 176 g/mol. The first-order valence-corrected chi connectivity index (χ1v) is 4.39. The molecular formula is C12H14O2. The SMILES string of the molecule is C=C/C=C/c1c(CO)cccc1OC. The number of aliphatic hydroxyl groups excluding tert-OH is 1. The van der Waals surface area contributed by atoms with E-state index in [9.17, 15) is 0 Å². The van der Waals surface area contributed by atoms with E-state index < -0.39 is 0 Å². The smallest absolute Gasteiger partial charge is 0.126 e. The molecule has 0 bridgehead atoms. The molecule has 0 aliphatic carbocycles. The molecule has 2 nitrogen and oxygen atoms in total. The van der Waals surface area contributed by atoms with Crippen LogP contribution in [0.15, 0.2) is 36.9 Å². The van der Waals surface area contributed by atoms with E-state index in [2.05, 4.69) is 6.58 Å². The van der Waals surface area contributed by atoms with Gasteiger partial charge in [-0.15, -0.1) is 0 Å².